The van der Waals surface area contributed by atoms with Crippen molar-refractivity contribution < 1.29 is 0 Å². The third-order valence-corrected chi connectivity index (χ3v) is 14.8. The first kappa shape index (κ1) is 29.2. The predicted octanol–water partition coefficient (Wildman–Crippen LogP) is 8.42. The summed E-state index contributed by atoms with van der Waals surface area (Å²) in [6.45, 7) is 2.19. The molecule has 8 aromatic rings. The van der Waals surface area contributed by atoms with Gasteiger partial charge in [0.25, 0.3) is 0 Å². The summed E-state index contributed by atoms with van der Waals surface area (Å²) in [7, 11) is -2.60. The summed E-state index contributed by atoms with van der Waals surface area (Å²) in [6, 6.07) is 66.7. The van der Waals surface area contributed by atoms with Crippen LogP contribution in [0.15, 0.2) is 182 Å². The van der Waals surface area contributed by atoms with Gasteiger partial charge in [-0.25, -0.2) is 4.98 Å². The third-order valence-electron chi connectivity index (χ3n) is 10.0. The van der Waals surface area contributed by atoms with E-state index in [0.29, 0.717) is 0 Å². The Hall–Kier alpha value is -5.97. The van der Waals surface area contributed by atoms with E-state index in [0.717, 1.165) is 45.9 Å². The van der Waals surface area contributed by atoms with Crippen molar-refractivity contribution in [3.8, 4) is 16.8 Å². The Morgan fingerprint density at radius 2 is 0.959 bits per heavy atom. The summed E-state index contributed by atoms with van der Waals surface area (Å²) in [5.74, 6) is 1.08. The van der Waals surface area contributed by atoms with E-state index in [1.165, 1.54) is 32.0 Å². The molecular formula is C45H35N3Si. The van der Waals surface area contributed by atoms with Gasteiger partial charge >= 0.3 is 0 Å². The highest BCUT2D eigenvalue weighted by Gasteiger charge is 2.41. The minimum Gasteiger partial charge on any atom is -0.306 e. The van der Waals surface area contributed by atoms with E-state index in [-0.39, 0.29) is 0 Å². The van der Waals surface area contributed by atoms with Crippen LogP contribution in [0.3, 0.4) is 0 Å². The zero-order valence-corrected chi connectivity index (χ0v) is 28.4. The number of hydrogen-bond acceptors (Lipinski definition) is 2. The lowest BCUT2D eigenvalue weighted by molar-refractivity contribution is 0.900. The minimum absolute atomic E-state index is 0.850. The Balaban J connectivity index is 1.25. The molecule has 0 spiro atoms. The number of anilines is 3. The number of hydrogen-bond donors (Lipinski definition) is 0. The number of rotatable bonds is 7. The van der Waals surface area contributed by atoms with Crippen molar-refractivity contribution in [2.75, 3.05) is 4.90 Å². The molecule has 9 rings (SSSR count). The van der Waals surface area contributed by atoms with Gasteiger partial charge in [0, 0.05) is 12.1 Å². The molecule has 0 unspecified atom stereocenters. The number of imidazole rings is 1. The van der Waals surface area contributed by atoms with Crippen LogP contribution in [-0.4, -0.2) is 17.6 Å². The lowest BCUT2D eigenvalue weighted by atomic mass is 10.0. The highest BCUT2D eigenvalue weighted by atomic mass is 28.3. The van der Waals surface area contributed by atoms with Gasteiger partial charge < -0.3 is 4.90 Å². The number of benzene rings is 7. The SMILES string of the molecule is CCc1nc2cc(-c3ccc([Si](c4ccccc4)(c4ccccc4)c4ccccc4)cc3)cc3c2n1-c1ccccc1N3c1ccccc1. The quantitative estimate of drug-likeness (QED) is 0.128. The van der Waals surface area contributed by atoms with Crippen molar-refractivity contribution in [3.63, 3.8) is 0 Å². The summed E-state index contributed by atoms with van der Waals surface area (Å²) in [5.41, 5.74) is 9.13. The van der Waals surface area contributed by atoms with E-state index in [1.54, 1.807) is 0 Å². The van der Waals surface area contributed by atoms with Gasteiger partial charge in [-0.2, -0.15) is 0 Å². The van der Waals surface area contributed by atoms with Crippen LogP contribution in [0.4, 0.5) is 17.1 Å². The average molecular weight is 646 g/mol. The molecule has 1 aromatic heterocycles. The van der Waals surface area contributed by atoms with Crippen LogP contribution in [0.25, 0.3) is 27.8 Å². The molecular weight excluding hydrogens is 611 g/mol. The Bertz CT molecular complexity index is 2310. The molecule has 0 aliphatic carbocycles. The molecule has 0 amide bonds. The molecule has 1 aliphatic rings. The van der Waals surface area contributed by atoms with E-state index in [9.17, 15) is 0 Å². The summed E-state index contributed by atoms with van der Waals surface area (Å²) >= 11 is 0. The number of para-hydroxylation sites is 3. The zero-order valence-electron chi connectivity index (χ0n) is 27.4. The van der Waals surface area contributed by atoms with Crippen molar-refractivity contribution in [3.05, 3.63) is 188 Å². The van der Waals surface area contributed by atoms with Crippen LogP contribution in [0.1, 0.15) is 12.7 Å². The van der Waals surface area contributed by atoms with Gasteiger partial charge in [-0.05, 0) is 68.3 Å². The third kappa shape index (κ3) is 4.60. The van der Waals surface area contributed by atoms with Crippen molar-refractivity contribution in [2.24, 2.45) is 0 Å². The van der Waals surface area contributed by atoms with Crippen LogP contribution < -0.4 is 25.6 Å². The molecule has 0 radical (unpaired) electrons. The second-order valence-electron chi connectivity index (χ2n) is 12.7. The highest BCUT2D eigenvalue weighted by molar-refractivity contribution is 7.19. The Kier molecular flexibility index (Phi) is 7.10. The van der Waals surface area contributed by atoms with E-state index in [2.05, 4.69) is 198 Å². The average Bonchev–Trinajstić information content (AvgIpc) is 3.57. The van der Waals surface area contributed by atoms with Gasteiger partial charge in [-0.1, -0.05) is 153 Å². The molecule has 0 atom stereocenters. The van der Waals surface area contributed by atoms with Crippen LogP contribution in [0.2, 0.25) is 0 Å². The van der Waals surface area contributed by atoms with E-state index in [4.69, 9.17) is 4.98 Å². The van der Waals surface area contributed by atoms with Gasteiger partial charge in [0.15, 0.2) is 8.07 Å². The molecule has 49 heavy (non-hydrogen) atoms. The second kappa shape index (κ2) is 11.9. The summed E-state index contributed by atoms with van der Waals surface area (Å²) < 4.78 is 2.37. The maximum atomic E-state index is 5.23. The minimum atomic E-state index is -2.60. The van der Waals surface area contributed by atoms with Gasteiger partial charge in [0.2, 0.25) is 0 Å². The van der Waals surface area contributed by atoms with Crippen LogP contribution in [0.5, 0.6) is 0 Å². The molecule has 4 heteroatoms. The molecule has 0 fully saturated rings. The standard InChI is InChI=1S/C45H35N3Si/c1-2-44-46-40-31-34(32-43-45(40)48(44)42-26-16-15-25-41(42)47(43)35-17-7-3-8-18-35)33-27-29-39(30-28-33)49(36-19-9-4-10-20-36,37-21-11-5-12-22-37)38-23-13-6-14-24-38/h3-32H,2H2,1H3. The monoisotopic (exact) mass is 645 g/mol. The Morgan fingerprint density at radius 3 is 1.51 bits per heavy atom. The van der Waals surface area contributed by atoms with Gasteiger partial charge in [0.1, 0.15) is 5.82 Å². The van der Waals surface area contributed by atoms with Crippen molar-refractivity contribution >= 4 is 56.9 Å². The molecule has 0 N–H and O–H groups in total. The van der Waals surface area contributed by atoms with Gasteiger partial charge in [0.05, 0.1) is 28.1 Å². The largest absolute Gasteiger partial charge is 0.306 e. The fraction of sp³-hybridized carbons (Fsp3) is 0.0444. The molecule has 3 nitrogen and oxygen atoms in total. The number of fused-ring (bicyclic) bond motifs is 2. The summed E-state index contributed by atoms with van der Waals surface area (Å²) in [6.07, 6.45) is 0.850. The fourth-order valence-corrected chi connectivity index (χ4v) is 12.6. The first-order valence-electron chi connectivity index (χ1n) is 17.0. The molecule has 0 saturated heterocycles. The van der Waals surface area contributed by atoms with Crippen LogP contribution >= 0.6 is 0 Å². The summed E-state index contributed by atoms with van der Waals surface area (Å²) in [4.78, 5) is 7.63. The lowest BCUT2D eigenvalue weighted by Crippen LogP contribution is -2.74. The van der Waals surface area contributed by atoms with E-state index >= 15 is 0 Å². The molecule has 1 aliphatic heterocycles. The van der Waals surface area contributed by atoms with Crippen LogP contribution in [-0.2, 0) is 6.42 Å². The number of aryl methyl sites for hydroxylation is 1. The molecule has 0 saturated carbocycles. The predicted molar refractivity (Wildman–Crippen MR) is 208 cm³/mol. The van der Waals surface area contributed by atoms with E-state index < -0.39 is 8.07 Å². The van der Waals surface area contributed by atoms with Gasteiger partial charge in [-0.3, -0.25) is 4.57 Å². The van der Waals surface area contributed by atoms with Crippen LogP contribution in [0, 0.1) is 0 Å². The maximum absolute atomic E-state index is 5.23. The lowest BCUT2D eigenvalue weighted by Gasteiger charge is -2.34. The number of nitrogens with zero attached hydrogens (tertiary/aromatic N) is 3. The molecule has 7 aromatic carbocycles. The van der Waals surface area contributed by atoms with Crippen molar-refractivity contribution in [1.82, 2.24) is 9.55 Å². The Labute approximate surface area is 288 Å². The number of aromatic nitrogens is 2. The first-order valence-corrected chi connectivity index (χ1v) is 19.0. The van der Waals surface area contributed by atoms with Crippen molar-refractivity contribution in [2.45, 2.75) is 13.3 Å². The maximum Gasteiger partial charge on any atom is 0.179 e. The fourth-order valence-electron chi connectivity index (χ4n) is 7.87. The van der Waals surface area contributed by atoms with Crippen molar-refractivity contribution in [1.29, 1.82) is 0 Å². The first-order chi connectivity index (χ1) is 24.3. The topological polar surface area (TPSA) is 21.1 Å². The highest BCUT2D eigenvalue weighted by Crippen LogP contribution is 2.48. The molecule has 2 heterocycles. The second-order valence-corrected chi connectivity index (χ2v) is 16.5. The van der Waals surface area contributed by atoms with E-state index in [1.807, 2.05) is 0 Å². The van der Waals surface area contributed by atoms with Gasteiger partial charge in [-0.15, -0.1) is 0 Å². The summed E-state index contributed by atoms with van der Waals surface area (Å²) in [5, 5.41) is 5.49. The molecule has 234 valence electrons. The molecule has 0 bridgehead atoms. The Morgan fingerprint density at radius 1 is 0.469 bits per heavy atom. The normalized spacial score (nSPS) is 12.2. The smallest absolute Gasteiger partial charge is 0.179 e. The zero-order chi connectivity index (χ0) is 32.8.